The van der Waals surface area contributed by atoms with Crippen molar-refractivity contribution in [2.24, 2.45) is 0 Å². The Bertz CT molecular complexity index is 928. The highest BCUT2D eigenvalue weighted by Gasteiger charge is 2.09. The predicted octanol–water partition coefficient (Wildman–Crippen LogP) is 2.75. The number of Topliss-reactive ketones (excluding diaryl/α,β-unsaturated/α-hetero) is 1. The SMILES string of the molecule is CC(=O)c1cccc(Nc2nccc(C(=O)NCc3cccnc3)n2)c1. The lowest BCUT2D eigenvalue weighted by Crippen LogP contribution is -2.24. The zero-order valence-corrected chi connectivity index (χ0v) is 14.1. The summed E-state index contributed by atoms with van der Waals surface area (Å²) in [5, 5.41) is 5.79. The Hall–Kier alpha value is -3.61. The van der Waals surface area contributed by atoms with E-state index < -0.39 is 0 Å². The number of nitrogens with zero attached hydrogens (tertiary/aromatic N) is 3. The van der Waals surface area contributed by atoms with Crippen LogP contribution in [-0.4, -0.2) is 26.6 Å². The monoisotopic (exact) mass is 347 g/mol. The number of anilines is 2. The van der Waals surface area contributed by atoms with E-state index >= 15 is 0 Å². The van der Waals surface area contributed by atoms with Crippen molar-refractivity contribution in [3.63, 3.8) is 0 Å². The van der Waals surface area contributed by atoms with Crippen molar-refractivity contribution >= 4 is 23.3 Å². The van der Waals surface area contributed by atoms with Crippen LogP contribution in [0.5, 0.6) is 0 Å². The molecule has 0 atom stereocenters. The molecule has 0 aliphatic carbocycles. The summed E-state index contributed by atoms with van der Waals surface area (Å²) in [4.78, 5) is 36.1. The van der Waals surface area contributed by atoms with Crippen molar-refractivity contribution in [1.29, 1.82) is 0 Å². The minimum atomic E-state index is -0.309. The molecule has 0 bridgehead atoms. The summed E-state index contributed by atoms with van der Waals surface area (Å²) >= 11 is 0. The Morgan fingerprint density at radius 3 is 2.73 bits per heavy atom. The van der Waals surface area contributed by atoms with E-state index in [1.54, 1.807) is 36.7 Å². The van der Waals surface area contributed by atoms with Crippen molar-refractivity contribution in [3.8, 4) is 0 Å². The van der Waals surface area contributed by atoms with Crippen LogP contribution >= 0.6 is 0 Å². The van der Waals surface area contributed by atoms with Gasteiger partial charge in [-0.3, -0.25) is 14.6 Å². The van der Waals surface area contributed by atoms with Crippen molar-refractivity contribution < 1.29 is 9.59 Å². The number of hydrogen-bond acceptors (Lipinski definition) is 6. The van der Waals surface area contributed by atoms with E-state index in [9.17, 15) is 9.59 Å². The number of benzene rings is 1. The van der Waals surface area contributed by atoms with Crippen LogP contribution < -0.4 is 10.6 Å². The normalized spacial score (nSPS) is 10.2. The van der Waals surface area contributed by atoms with Crippen LogP contribution in [0, 0.1) is 0 Å². The van der Waals surface area contributed by atoms with Gasteiger partial charge in [0.15, 0.2) is 5.78 Å². The van der Waals surface area contributed by atoms with Gasteiger partial charge in [-0.1, -0.05) is 18.2 Å². The molecule has 3 aromatic rings. The lowest BCUT2D eigenvalue weighted by Gasteiger charge is -2.08. The first kappa shape index (κ1) is 17.2. The summed E-state index contributed by atoms with van der Waals surface area (Å²) in [7, 11) is 0. The first-order chi connectivity index (χ1) is 12.6. The van der Waals surface area contributed by atoms with Crippen molar-refractivity contribution in [1.82, 2.24) is 20.3 Å². The van der Waals surface area contributed by atoms with Crippen molar-refractivity contribution in [3.05, 3.63) is 77.9 Å². The highest BCUT2D eigenvalue weighted by molar-refractivity contribution is 5.95. The molecular weight excluding hydrogens is 330 g/mol. The highest BCUT2D eigenvalue weighted by atomic mass is 16.1. The van der Waals surface area contributed by atoms with E-state index in [0.717, 1.165) is 5.56 Å². The minimum Gasteiger partial charge on any atom is -0.347 e. The number of amides is 1. The molecule has 0 spiro atoms. The van der Waals surface area contributed by atoms with Crippen LogP contribution in [0.1, 0.15) is 33.3 Å². The van der Waals surface area contributed by atoms with E-state index in [1.165, 1.54) is 19.2 Å². The molecule has 26 heavy (non-hydrogen) atoms. The third-order valence-corrected chi connectivity index (χ3v) is 3.59. The molecule has 0 aliphatic heterocycles. The van der Waals surface area contributed by atoms with Gasteiger partial charge in [0.1, 0.15) is 5.69 Å². The van der Waals surface area contributed by atoms with Gasteiger partial charge in [0.2, 0.25) is 5.95 Å². The number of pyridine rings is 1. The Labute approximate surface area is 150 Å². The molecule has 0 saturated heterocycles. The quantitative estimate of drug-likeness (QED) is 0.666. The van der Waals surface area contributed by atoms with E-state index in [1.807, 2.05) is 12.1 Å². The van der Waals surface area contributed by atoms with E-state index in [0.29, 0.717) is 17.8 Å². The van der Waals surface area contributed by atoms with Gasteiger partial charge in [-0.2, -0.15) is 0 Å². The van der Waals surface area contributed by atoms with Gasteiger partial charge in [0.25, 0.3) is 5.91 Å². The Balaban J connectivity index is 1.68. The Kier molecular flexibility index (Phi) is 5.28. The number of rotatable bonds is 6. The molecule has 1 aromatic carbocycles. The molecule has 7 nitrogen and oxygen atoms in total. The van der Waals surface area contributed by atoms with Crippen LogP contribution in [0.25, 0.3) is 0 Å². The molecule has 2 N–H and O–H groups in total. The Morgan fingerprint density at radius 2 is 1.96 bits per heavy atom. The summed E-state index contributed by atoms with van der Waals surface area (Å²) in [6.07, 6.45) is 4.87. The van der Waals surface area contributed by atoms with Gasteiger partial charge in [-0.15, -0.1) is 0 Å². The lowest BCUT2D eigenvalue weighted by molar-refractivity contribution is 0.0945. The molecule has 0 unspecified atom stereocenters. The average molecular weight is 347 g/mol. The van der Waals surface area contributed by atoms with Crippen LogP contribution in [-0.2, 0) is 6.54 Å². The summed E-state index contributed by atoms with van der Waals surface area (Å²) in [6, 6.07) is 12.2. The summed E-state index contributed by atoms with van der Waals surface area (Å²) in [5.74, 6) is -0.0605. The maximum atomic E-state index is 12.3. The fraction of sp³-hybridized carbons (Fsp3) is 0.105. The van der Waals surface area contributed by atoms with E-state index in [2.05, 4.69) is 25.6 Å². The van der Waals surface area contributed by atoms with Gasteiger partial charge in [0.05, 0.1) is 0 Å². The number of ketones is 1. The van der Waals surface area contributed by atoms with Crippen LogP contribution in [0.4, 0.5) is 11.6 Å². The summed E-state index contributed by atoms with van der Waals surface area (Å²) in [6.45, 7) is 1.86. The Morgan fingerprint density at radius 1 is 1.08 bits per heavy atom. The highest BCUT2D eigenvalue weighted by Crippen LogP contribution is 2.15. The molecule has 0 fully saturated rings. The second-order valence-corrected chi connectivity index (χ2v) is 5.57. The van der Waals surface area contributed by atoms with Gasteiger partial charge >= 0.3 is 0 Å². The molecule has 1 amide bonds. The van der Waals surface area contributed by atoms with Gasteiger partial charge in [0, 0.05) is 36.4 Å². The number of carbonyl (C=O) groups excluding carboxylic acids is 2. The van der Waals surface area contributed by atoms with Gasteiger partial charge in [-0.05, 0) is 36.8 Å². The van der Waals surface area contributed by atoms with Crippen LogP contribution in [0.2, 0.25) is 0 Å². The third kappa shape index (κ3) is 4.47. The molecule has 130 valence electrons. The first-order valence-electron chi connectivity index (χ1n) is 8.00. The van der Waals surface area contributed by atoms with Crippen LogP contribution in [0.3, 0.4) is 0 Å². The average Bonchev–Trinajstić information content (AvgIpc) is 2.67. The largest absolute Gasteiger partial charge is 0.347 e. The van der Waals surface area contributed by atoms with E-state index in [-0.39, 0.29) is 23.3 Å². The molecule has 0 aliphatic rings. The maximum Gasteiger partial charge on any atom is 0.270 e. The van der Waals surface area contributed by atoms with Gasteiger partial charge < -0.3 is 10.6 Å². The van der Waals surface area contributed by atoms with Crippen molar-refractivity contribution in [2.75, 3.05) is 5.32 Å². The second-order valence-electron chi connectivity index (χ2n) is 5.57. The fourth-order valence-corrected chi connectivity index (χ4v) is 2.27. The molecular formula is C19H17N5O2. The van der Waals surface area contributed by atoms with E-state index in [4.69, 9.17) is 0 Å². The first-order valence-corrected chi connectivity index (χ1v) is 8.00. The minimum absolute atomic E-state index is 0.0295. The molecule has 3 rings (SSSR count). The molecule has 0 radical (unpaired) electrons. The van der Waals surface area contributed by atoms with Crippen LogP contribution in [0.15, 0.2) is 61.1 Å². The fourth-order valence-electron chi connectivity index (χ4n) is 2.27. The van der Waals surface area contributed by atoms with Gasteiger partial charge in [-0.25, -0.2) is 9.97 Å². The topological polar surface area (TPSA) is 96.9 Å². The second kappa shape index (κ2) is 7.98. The zero-order valence-electron chi connectivity index (χ0n) is 14.1. The smallest absolute Gasteiger partial charge is 0.270 e. The lowest BCUT2D eigenvalue weighted by atomic mass is 10.1. The molecule has 2 aromatic heterocycles. The number of nitrogens with one attached hydrogen (secondary N) is 2. The third-order valence-electron chi connectivity index (χ3n) is 3.59. The maximum absolute atomic E-state index is 12.3. The molecule has 2 heterocycles. The zero-order chi connectivity index (χ0) is 18.4. The standard InChI is InChI=1S/C19H17N5O2/c1-13(25)15-5-2-6-16(10-15)23-19-21-9-7-17(24-19)18(26)22-12-14-4-3-8-20-11-14/h2-11H,12H2,1H3,(H,22,26)(H,21,23,24). The molecule has 0 saturated carbocycles. The predicted molar refractivity (Wildman–Crippen MR) is 97.2 cm³/mol. The number of aromatic nitrogens is 3. The van der Waals surface area contributed by atoms with Crippen molar-refractivity contribution in [2.45, 2.75) is 13.5 Å². The number of carbonyl (C=O) groups is 2. The number of hydrogen-bond donors (Lipinski definition) is 2. The molecule has 7 heteroatoms. The summed E-state index contributed by atoms with van der Waals surface area (Å²) < 4.78 is 0. The summed E-state index contributed by atoms with van der Waals surface area (Å²) in [5.41, 5.74) is 2.40.